The number of carboxylic acid groups (broad SMARTS) is 1. The molecule has 3 heterocycles. The van der Waals surface area contributed by atoms with Gasteiger partial charge in [-0.05, 0) is 56.9 Å². The van der Waals surface area contributed by atoms with Crippen molar-refractivity contribution in [1.82, 2.24) is 10.1 Å². The largest absolute Gasteiger partial charge is 0.465 e. The monoisotopic (exact) mass is 416 g/mol. The maximum absolute atomic E-state index is 11.5. The van der Waals surface area contributed by atoms with Gasteiger partial charge in [-0.3, -0.25) is 4.79 Å². The number of carbonyl (C=O) groups is 2. The summed E-state index contributed by atoms with van der Waals surface area (Å²) >= 11 is 0. The molecule has 0 radical (unpaired) electrons. The second-order valence-corrected chi connectivity index (χ2v) is 8.12. The number of ether oxygens (including phenoxy) is 2. The van der Waals surface area contributed by atoms with Gasteiger partial charge in [-0.1, -0.05) is 11.2 Å². The maximum atomic E-state index is 11.5. The normalized spacial score (nSPS) is 20.5. The molecule has 8 nitrogen and oxygen atoms in total. The number of carbonyl (C=O) groups excluding carboxylic acids is 1. The third-order valence-corrected chi connectivity index (χ3v) is 6.21. The van der Waals surface area contributed by atoms with Crippen LogP contribution in [0.3, 0.4) is 0 Å². The van der Waals surface area contributed by atoms with Gasteiger partial charge in [0.05, 0.1) is 12.3 Å². The first kappa shape index (κ1) is 20.8. The van der Waals surface area contributed by atoms with Gasteiger partial charge in [-0.2, -0.15) is 0 Å². The van der Waals surface area contributed by atoms with Crippen LogP contribution in [0.15, 0.2) is 16.7 Å². The van der Waals surface area contributed by atoms with Crippen LogP contribution < -0.4 is 0 Å². The van der Waals surface area contributed by atoms with Crippen molar-refractivity contribution in [2.75, 3.05) is 19.7 Å². The SMILES string of the molecule is O=Cc1ccc2c(CCC3CCN(C(=O)O)CC3)noc2c1COC1CCCCO1. The maximum Gasteiger partial charge on any atom is 0.407 e. The van der Waals surface area contributed by atoms with Crippen LogP contribution in [-0.2, 0) is 22.5 Å². The van der Waals surface area contributed by atoms with Crippen LogP contribution >= 0.6 is 0 Å². The lowest BCUT2D eigenvalue weighted by Gasteiger charge is -2.29. The van der Waals surface area contributed by atoms with Crippen LogP contribution in [-0.4, -0.2) is 53.5 Å². The average molecular weight is 416 g/mol. The molecule has 1 unspecified atom stereocenters. The van der Waals surface area contributed by atoms with Crippen molar-refractivity contribution in [2.45, 2.75) is 57.8 Å². The van der Waals surface area contributed by atoms with Crippen LogP contribution in [0.4, 0.5) is 4.79 Å². The molecule has 30 heavy (non-hydrogen) atoms. The number of fused-ring (bicyclic) bond motifs is 1. The molecule has 2 fully saturated rings. The van der Waals surface area contributed by atoms with E-state index < -0.39 is 6.09 Å². The molecule has 1 aromatic carbocycles. The van der Waals surface area contributed by atoms with Gasteiger partial charge < -0.3 is 24.0 Å². The van der Waals surface area contributed by atoms with E-state index in [1.807, 2.05) is 6.07 Å². The molecule has 1 atom stereocenters. The van der Waals surface area contributed by atoms with E-state index in [-0.39, 0.29) is 12.9 Å². The number of rotatable bonds is 7. The Bertz CT molecular complexity index is 881. The lowest BCUT2D eigenvalue weighted by molar-refractivity contribution is -0.168. The fraction of sp³-hybridized carbons (Fsp3) is 0.591. The summed E-state index contributed by atoms with van der Waals surface area (Å²) in [5.41, 5.74) is 2.73. The Morgan fingerprint density at radius 3 is 2.80 bits per heavy atom. The number of aldehydes is 1. The first-order chi connectivity index (χ1) is 14.7. The first-order valence-corrected chi connectivity index (χ1v) is 10.7. The molecule has 2 saturated heterocycles. The molecule has 2 aromatic rings. The number of nitrogens with zero attached hydrogens (tertiary/aromatic N) is 2. The standard InChI is InChI=1S/C22H28N2O6/c25-13-16-5-6-17-19(7-4-15-8-10-24(11-9-15)22(26)27)23-30-21(17)18(16)14-29-20-3-1-2-12-28-20/h5-6,13,15,20H,1-4,7-12,14H2,(H,26,27). The zero-order chi connectivity index (χ0) is 20.9. The van der Waals surface area contributed by atoms with Gasteiger partial charge in [0, 0.05) is 36.2 Å². The van der Waals surface area contributed by atoms with E-state index in [4.69, 9.17) is 19.1 Å². The molecule has 1 aromatic heterocycles. The second kappa shape index (κ2) is 9.57. The van der Waals surface area contributed by atoms with E-state index in [1.165, 1.54) is 4.90 Å². The fourth-order valence-corrected chi connectivity index (χ4v) is 4.34. The lowest BCUT2D eigenvalue weighted by atomic mass is 9.91. The van der Waals surface area contributed by atoms with Gasteiger partial charge in [-0.25, -0.2) is 4.79 Å². The summed E-state index contributed by atoms with van der Waals surface area (Å²) in [6, 6.07) is 3.68. The summed E-state index contributed by atoms with van der Waals surface area (Å²) in [4.78, 5) is 24.1. The minimum atomic E-state index is -0.838. The summed E-state index contributed by atoms with van der Waals surface area (Å²) in [6.45, 7) is 2.13. The Morgan fingerprint density at radius 1 is 1.27 bits per heavy atom. The van der Waals surface area contributed by atoms with Crippen molar-refractivity contribution < 1.29 is 28.7 Å². The molecule has 0 aliphatic carbocycles. The fourth-order valence-electron chi connectivity index (χ4n) is 4.34. The zero-order valence-corrected chi connectivity index (χ0v) is 17.0. The molecule has 2 aliphatic heterocycles. The van der Waals surface area contributed by atoms with Crippen LogP contribution in [0.25, 0.3) is 11.0 Å². The Labute approximate surface area is 175 Å². The highest BCUT2D eigenvalue weighted by Gasteiger charge is 2.24. The number of likely N-dealkylation sites (tertiary alicyclic amines) is 1. The molecule has 0 spiro atoms. The van der Waals surface area contributed by atoms with Gasteiger partial charge in [0.25, 0.3) is 0 Å². The molecule has 162 valence electrons. The lowest BCUT2D eigenvalue weighted by Crippen LogP contribution is -2.37. The van der Waals surface area contributed by atoms with Crippen molar-refractivity contribution in [1.29, 1.82) is 0 Å². The quantitative estimate of drug-likeness (QED) is 0.681. The van der Waals surface area contributed by atoms with Gasteiger partial charge in [0.2, 0.25) is 0 Å². The number of hydrogen-bond donors (Lipinski definition) is 1. The zero-order valence-electron chi connectivity index (χ0n) is 17.0. The highest BCUT2D eigenvalue weighted by molar-refractivity contribution is 5.90. The van der Waals surface area contributed by atoms with Gasteiger partial charge >= 0.3 is 6.09 Å². The Hall–Kier alpha value is -2.45. The summed E-state index contributed by atoms with van der Waals surface area (Å²) in [5, 5.41) is 14.3. The van der Waals surface area contributed by atoms with E-state index in [0.717, 1.165) is 62.3 Å². The topological polar surface area (TPSA) is 102 Å². The molecular formula is C22H28N2O6. The predicted molar refractivity (Wildman–Crippen MR) is 108 cm³/mol. The molecule has 4 rings (SSSR count). The summed E-state index contributed by atoms with van der Waals surface area (Å²) in [6.07, 6.45) is 6.16. The summed E-state index contributed by atoms with van der Waals surface area (Å²) in [5.74, 6) is 0.479. The van der Waals surface area contributed by atoms with E-state index in [1.54, 1.807) is 6.07 Å². The van der Waals surface area contributed by atoms with Crippen LogP contribution in [0.5, 0.6) is 0 Å². The number of amides is 1. The Balaban J connectivity index is 1.42. The molecule has 1 amide bonds. The van der Waals surface area contributed by atoms with Gasteiger partial charge in [0.1, 0.15) is 0 Å². The van der Waals surface area contributed by atoms with Crippen LogP contribution in [0, 0.1) is 5.92 Å². The van der Waals surface area contributed by atoms with E-state index in [2.05, 4.69) is 5.16 Å². The Morgan fingerprint density at radius 2 is 2.10 bits per heavy atom. The number of aryl methyl sites for hydroxylation is 1. The number of piperidine rings is 1. The average Bonchev–Trinajstić information content (AvgIpc) is 3.20. The molecule has 8 heteroatoms. The van der Waals surface area contributed by atoms with Crippen LogP contribution in [0.1, 0.15) is 60.1 Å². The molecule has 1 N–H and O–H groups in total. The third-order valence-electron chi connectivity index (χ3n) is 6.21. The third kappa shape index (κ3) is 4.65. The van der Waals surface area contributed by atoms with Crippen molar-refractivity contribution in [3.05, 3.63) is 29.0 Å². The van der Waals surface area contributed by atoms with E-state index in [9.17, 15) is 9.59 Å². The number of benzene rings is 1. The van der Waals surface area contributed by atoms with Crippen molar-refractivity contribution in [2.24, 2.45) is 5.92 Å². The molecular weight excluding hydrogens is 388 g/mol. The molecule has 0 saturated carbocycles. The van der Waals surface area contributed by atoms with Crippen LogP contribution in [0.2, 0.25) is 0 Å². The summed E-state index contributed by atoms with van der Waals surface area (Å²) in [7, 11) is 0. The van der Waals surface area contributed by atoms with Gasteiger partial charge in [0.15, 0.2) is 18.2 Å². The minimum Gasteiger partial charge on any atom is -0.465 e. The smallest absolute Gasteiger partial charge is 0.407 e. The molecule has 2 aliphatic rings. The number of aromatic nitrogens is 1. The highest BCUT2D eigenvalue weighted by atomic mass is 16.7. The minimum absolute atomic E-state index is 0.243. The van der Waals surface area contributed by atoms with Gasteiger partial charge in [-0.15, -0.1) is 0 Å². The van der Waals surface area contributed by atoms with Crippen molar-refractivity contribution in [3.8, 4) is 0 Å². The van der Waals surface area contributed by atoms with Crippen molar-refractivity contribution in [3.63, 3.8) is 0 Å². The van der Waals surface area contributed by atoms with E-state index >= 15 is 0 Å². The summed E-state index contributed by atoms with van der Waals surface area (Å²) < 4.78 is 17.1. The Kier molecular flexibility index (Phi) is 6.64. The van der Waals surface area contributed by atoms with Crippen molar-refractivity contribution >= 4 is 23.3 Å². The second-order valence-electron chi connectivity index (χ2n) is 8.12. The first-order valence-electron chi connectivity index (χ1n) is 10.7. The predicted octanol–water partition coefficient (Wildman–Crippen LogP) is 4.01. The number of hydrogen-bond acceptors (Lipinski definition) is 6. The van der Waals surface area contributed by atoms with E-state index in [0.29, 0.717) is 42.3 Å². The highest BCUT2D eigenvalue weighted by Crippen LogP contribution is 2.29. The molecule has 0 bridgehead atoms.